The van der Waals surface area contributed by atoms with Crippen LogP contribution in [-0.4, -0.2) is 24.2 Å². The summed E-state index contributed by atoms with van der Waals surface area (Å²) in [7, 11) is 0.247. The summed E-state index contributed by atoms with van der Waals surface area (Å²) in [6.07, 6.45) is -5.07. The minimum atomic E-state index is -5.39. The predicted octanol–water partition coefficient (Wildman–Crippen LogP) is 1.10. The van der Waals surface area contributed by atoms with Crippen molar-refractivity contribution in [3.05, 3.63) is 10.1 Å². The first-order chi connectivity index (χ1) is 4.75. The molecule has 0 atom stereocenters. The summed E-state index contributed by atoms with van der Waals surface area (Å²) in [5.41, 5.74) is 0. The van der Waals surface area contributed by atoms with E-state index in [1.807, 2.05) is 0 Å². The SMILES string of the molecule is COC(F)(F)C(F)(F)[N+](=O)[O-]. The Kier molecular flexibility index (Phi) is 2.39. The van der Waals surface area contributed by atoms with E-state index in [-0.39, 0.29) is 7.11 Å². The fourth-order valence-electron chi connectivity index (χ4n) is 0.229. The maximum Gasteiger partial charge on any atom is 0.605 e. The lowest BCUT2D eigenvalue weighted by molar-refractivity contribution is -0.693. The normalized spacial score (nSPS) is 13.2. The first-order valence-corrected chi connectivity index (χ1v) is 2.21. The van der Waals surface area contributed by atoms with Crippen LogP contribution < -0.4 is 0 Å². The van der Waals surface area contributed by atoms with Gasteiger partial charge in [0.05, 0.1) is 0 Å². The van der Waals surface area contributed by atoms with Gasteiger partial charge < -0.3 is 4.74 Å². The molecule has 0 bridgehead atoms. The van der Waals surface area contributed by atoms with Crippen LogP contribution in [0.4, 0.5) is 17.6 Å². The van der Waals surface area contributed by atoms with Gasteiger partial charge in [-0.3, -0.25) is 10.1 Å². The third kappa shape index (κ3) is 1.56. The summed E-state index contributed by atoms with van der Waals surface area (Å²) in [6.45, 7) is 0. The topological polar surface area (TPSA) is 52.4 Å². The Bertz CT molecular complexity index is 170. The van der Waals surface area contributed by atoms with E-state index in [2.05, 4.69) is 4.74 Å². The molecule has 0 aliphatic heterocycles. The molecule has 4 nitrogen and oxygen atoms in total. The Morgan fingerprint density at radius 3 is 1.82 bits per heavy atom. The van der Waals surface area contributed by atoms with E-state index >= 15 is 0 Å². The number of nitro groups is 1. The van der Waals surface area contributed by atoms with Crippen molar-refractivity contribution in [3.63, 3.8) is 0 Å². The van der Waals surface area contributed by atoms with Gasteiger partial charge in [-0.1, -0.05) is 0 Å². The van der Waals surface area contributed by atoms with Crippen molar-refractivity contribution in [2.24, 2.45) is 0 Å². The van der Waals surface area contributed by atoms with Crippen molar-refractivity contribution in [2.75, 3.05) is 7.11 Å². The minimum absolute atomic E-state index is 0.247. The quantitative estimate of drug-likeness (QED) is 0.280. The Balaban J connectivity index is 4.67. The third-order valence-electron chi connectivity index (χ3n) is 0.836. The van der Waals surface area contributed by atoms with Crippen LogP contribution in [0.5, 0.6) is 0 Å². The van der Waals surface area contributed by atoms with Crippen LogP contribution in [-0.2, 0) is 4.74 Å². The van der Waals surface area contributed by atoms with Gasteiger partial charge in [-0.25, -0.2) is 0 Å². The van der Waals surface area contributed by atoms with Crippen LogP contribution in [0.1, 0.15) is 0 Å². The number of hydrogen-bond acceptors (Lipinski definition) is 3. The van der Waals surface area contributed by atoms with E-state index in [4.69, 9.17) is 0 Å². The lowest BCUT2D eigenvalue weighted by Gasteiger charge is -2.15. The van der Waals surface area contributed by atoms with Gasteiger partial charge in [0.1, 0.15) is 4.92 Å². The van der Waals surface area contributed by atoms with Crippen molar-refractivity contribution in [3.8, 4) is 0 Å². The van der Waals surface area contributed by atoms with Crippen molar-refractivity contribution in [2.45, 2.75) is 12.2 Å². The summed E-state index contributed by atoms with van der Waals surface area (Å²) in [4.78, 5) is 6.92. The predicted molar refractivity (Wildman–Crippen MR) is 23.9 cm³/mol. The number of ether oxygens (including phenoxy) is 1. The Hall–Kier alpha value is -0.920. The molecule has 0 aliphatic carbocycles. The molecule has 0 heterocycles. The molecule has 0 amide bonds. The molecule has 0 aliphatic rings. The number of methoxy groups -OCH3 is 1. The van der Waals surface area contributed by atoms with E-state index in [1.54, 1.807) is 0 Å². The number of nitrogens with zero attached hydrogens (tertiary/aromatic N) is 1. The average Bonchev–Trinajstić information content (AvgIpc) is 1.87. The lowest BCUT2D eigenvalue weighted by atomic mass is 10.5. The highest BCUT2D eigenvalue weighted by Gasteiger charge is 2.70. The zero-order valence-electron chi connectivity index (χ0n) is 5.18. The van der Waals surface area contributed by atoms with Gasteiger partial charge in [0, 0.05) is 7.11 Å². The summed E-state index contributed by atoms with van der Waals surface area (Å²) in [6, 6.07) is -5.39. The summed E-state index contributed by atoms with van der Waals surface area (Å²) >= 11 is 0. The average molecular weight is 177 g/mol. The van der Waals surface area contributed by atoms with Crippen molar-refractivity contribution < 1.29 is 27.2 Å². The van der Waals surface area contributed by atoms with Crippen molar-refractivity contribution >= 4 is 0 Å². The van der Waals surface area contributed by atoms with Crippen LogP contribution in [0.3, 0.4) is 0 Å². The highest BCUT2D eigenvalue weighted by molar-refractivity contribution is 4.63. The number of rotatable bonds is 3. The smallest absolute Gasteiger partial charge is 0.313 e. The first kappa shape index (κ1) is 10.1. The first-order valence-electron chi connectivity index (χ1n) is 2.21. The summed E-state index contributed by atoms with van der Waals surface area (Å²) < 4.78 is 50.0. The zero-order valence-corrected chi connectivity index (χ0v) is 5.18. The molecule has 66 valence electrons. The number of hydrogen-bond donors (Lipinski definition) is 0. The van der Waals surface area contributed by atoms with E-state index < -0.39 is 17.1 Å². The largest absolute Gasteiger partial charge is 0.605 e. The van der Waals surface area contributed by atoms with Gasteiger partial charge >= 0.3 is 12.2 Å². The van der Waals surface area contributed by atoms with E-state index in [9.17, 15) is 27.7 Å². The van der Waals surface area contributed by atoms with Crippen LogP contribution >= 0.6 is 0 Å². The van der Waals surface area contributed by atoms with Gasteiger partial charge in [0.25, 0.3) is 0 Å². The molecule has 0 unspecified atom stereocenters. The van der Waals surface area contributed by atoms with Crippen molar-refractivity contribution in [1.29, 1.82) is 0 Å². The highest BCUT2D eigenvalue weighted by Crippen LogP contribution is 2.34. The standard InChI is InChI=1S/C3H3F4NO3/c1-11-3(6,7)2(4,5)8(9)10/h1H3. The van der Waals surface area contributed by atoms with Crippen LogP contribution in [0, 0.1) is 10.1 Å². The molecule has 0 aromatic heterocycles. The van der Waals surface area contributed by atoms with Gasteiger partial charge in [-0.05, 0) is 0 Å². The second-order valence-corrected chi connectivity index (χ2v) is 1.52. The lowest BCUT2D eigenvalue weighted by Crippen LogP contribution is -2.48. The molecule has 11 heavy (non-hydrogen) atoms. The molecule has 0 aromatic carbocycles. The molecule has 0 fully saturated rings. The van der Waals surface area contributed by atoms with Crippen LogP contribution in [0.15, 0.2) is 0 Å². The van der Waals surface area contributed by atoms with E-state index in [0.29, 0.717) is 0 Å². The Morgan fingerprint density at radius 2 is 1.73 bits per heavy atom. The molecular formula is C3H3F4NO3. The second-order valence-electron chi connectivity index (χ2n) is 1.52. The molecule has 0 rings (SSSR count). The van der Waals surface area contributed by atoms with E-state index in [0.717, 1.165) is 0 Å². The maximum atomic E-state index is 11.8. The molecule has 0 saturated carbocycles. The second kappa shape index (κ2) is 2.61. The van der Waals surface area contributed by atoms with Gasteiger partial charge in [0.2, 0.25) is 0 Å². The molecule has 0 spiro atoms. The van der Waals surface area contributed by atoms with Crippen molar-refractivity contribution in [1.82, 2.24) is 0 Å². The van der Waals surface area contributed by atoms with Crippen LogP contribution in [0.2, 0.25) is 0 Å². The molecule has 0 aromatic rings. The molecule has 8 heteroatoms. The Labute approximate surface area is 57.9 Å². The van der Waals surface area contributed by atoms with E-state index in [1.165, 1.54) is 0 Å². The number of alkyl halides is 4. The molecule has 0 saturated heterocycles. The van der Waals surface area contributed by atoms with Gasteiger partial charge in [-0.2, -0.15) is 8.78 Å². The molecular weight excluding hydrogens is 174 g/mol. The maximum absolute atomic E-state index is 11.8. The van der Waals surface area contributed by atoms with Gasteiger partial charge in [-0.15, -0.1) is 8.78 Å². The fourth-order valence-corrected chi connectivity index (χ4v) is 0.229. The van der Waals surface area contributed by atoms with Gasteiger partial charge in [0.15, 0.2) is 0 Å². The minimum Gasteiger partial charge on any atom is -0.313 e. The third-order valence-corrected chi connectivity index (χ3v) is 0.836. The number of halogens is 4. The summed E-state index contributed by atoms with van der Waals surface area (Å²) in [5.74, 6) is 0. The zero-order chi connectivity index (χ0) is 9.28. The monoisotopic (exact) mass is 177 g/mol. The summed E-state index contributed by atoms with van der Waals surface area (Å²) in [5, 5.41) is 9.32. The van der Waals surface area contributed by atoms with Crippen LogP contribution in [0.25, 0.3) is 0 Å². The fraction of sp³-hybridized carbons (Fsp3) is 1.00. The Morgan fingerprint density at radius 1 is 1.36 bits per heavy atom. The highest BCUT2D eigenvalue weighted by atomic mass is 19.3. The molecule has 0 radical (unpaired) electrons. The molecule has 0 N–H and O–H groups in total.